The van der Waals surface area contributed by atoms with Crippen molar-refractivity contribution in [2.75, 3.05) is 23.8 Å². The van der Waals surface area contributed by atoms with Crippen LogP contribution < -0.4 is 15.5 Å². The lowest BCUT2D eigenvalue weighted by Crippen LogP contribution is -2.42. The van der Waals surface area contributed by atoms with Gasteiger partial charge in [-0.1, -0.05) is 30.3 Å². The Morgan fingerprint density at radius 1 is 1.22 bits per heavy atom. The summed E-state index contributed by atoms with van der Waals surface area (Å²) in [5.74, 6) is -1.72. The minimum absolute atomic E-state index is 0.120. The van der Waals surface area contributed by atoms with Crippen molar-refractivity contribution in [1.29, 1.82) is 0 Å². The summed E-state index contributed by atoms with van der Waals surface area (Å²) in [6, 6.07) is 13.0. The Labute approximate surface area is 157 Å². The molecule has 1 aliphatic heterocycles. The molecule has 3 rings (SSSR count). The highest BCUT2D eigenvalue weighted by Gasteiger charge is 2.23. The number of hydrogen-bond donors (Lipinski definition) is 3. The van der Waals surface area contributed by atoms with E-state index in [4.69, 9.17) is 0 Å². The molecule has 3 N–H and O–H groups in total. The van der Waals surface area contributed by atoms with Gasteiger partial charge in [-0.3, -0.25) is 9.59 Å². The van der Waals surface area contributed by atoms with E-state index < -0.39 is 17.9 Å². The summed E-state index contributed by atoms with van der Waals surface area (Å²) >= 11 is 0. The molecule has 1 aliphatic rings. The van der Waals surface area contributed by atoms with E-state index in [2.05, 4.69) is 10.6 Å². The largest absolute Gasteiger partial charge is 0.480 e. The lowest BCUT2D eigenvalue weighted by molar-refractivity contribution is -0.139. The number of fused-ring (bicyclic) bond motifs is 1. The number of benzene rings is 2. The van der Waals surface area contributed by atoms with Crippen LogP contribution >= 0.6 is 0 Å². The molecule has 2 aromatic rings. The third kappa shape index (κ3) is 4.44. The summed E-state index contributed by atoms with van der Waals surface area (Å²) in [6.45, 7) is 0.586. The molecule has 0 radical (unpaired) electrons. The second-order valence-electron chi connectivity index (χ2n) is 6.51. The van der Waals surface area contributed by atoms with E-state index in [9.17, 15) is 19.5 Å². The molecular formula is C20H21N3O4. The molecule has 0 bridgehead atoms. The average molecular weight is 367 g/mol. The first-order chi connectivity index (χ1) is 12.9. The molecule has 2 amide bonds. The van der Waals surface area contributed by atoms with Gasteiger partial charge in [-0.2, -0.15) is 0 Å². The Morgan fingerprint density at radius 3 is 2.67 bits per heavy atom. The summed E-state index contributed by atoms with van der Waals surface area (Å²) in [5, 5.41) is 14.8. The quantitative estimate of drug-likeness (QED) is 0.750. The van der Waals surface area contributed by atoms with Gasteiger partial charge in [0.15, 0.2) is 0 Å². The number of amides is 2. The van der Waals surface area contributed by atoms with Crippen LogP contribution in [-0.4, -0.2) is 42.5 Å². The van der Waals surface area contributed by atoms with Gasteiger partial charge >= 0.3 is 5.97 Å². The van der Waals surface area contributed by atoms with Gasteiger partial charge in [0.05, 0.1) is 11.4 Å². The molecule has 7 heteroatoms. The van der Waals surface area contributed by atoms with E-state index in [1.165, 1.54) is 0 Å². The number of nitrogens with one attached hydrogen (secondary N) is 2. The fourth-order valence-corrected chi connectivity index (χ4v) is 3.00. The number of carbonyl (C=O) groups excluding carboxylic acids is 2. The fourth-order valence-electron chi connectivity index (χ4n) is 3.00. The standard InChI is InChI=1S/C20H21N3O4/c1-23-10-9-18(24)21-15-12-14(7-8-17(15)23)19(25)22-16(20(26)27)11-13-5-3-2-4-6-13/h2-8,12,16H,9-11H2,1H3,(H,21,24)(H,22,25)(H,26,27)/t16-/m1/s1. The average Bonchev–Trinajstić information content (AvgIpc) is 2.79. The highest BCUT2D eigenvalue weighted by atomic mass is 16.4. The predicted molar refractivity (Wildman–Crippen MR) is 102 cm³/mol. The molecule has 0 fully saturated rings. The molecule has 27 heavy (non-hydrogen) atoms. The molecule has 0 aromatic heterocycles. The van der Waals surface area contributed by atoms with Crippen molar-refractivity contribution in [3.8, 4) is 0 Å². The highest BCUT2D eigenvalue weighted by Crippen LogP contribution is 2.28. The summed E-state index contributed by atoms with van der Waals surface area (Å²) < 4.78 is 0. The van der Waals surface area contributed by atoms with E-state index >= 15 is 0 Å². The molecule has 0 spiro atoms. The first-order valence-corrected chi connectivity index (χ1v) is 8.66. The van der Waals surface area contributed by atoms with Crippen LogP contribution in [0.1, 0.15) is 22.3 Å². The highest BCUT2D eigenvalue weighted by molar-refractivity contribution is 6.01. The van der Waals surface area contributed by atoms with Gasteiger partial charge in [0.25, 0.3) is 5.91 Å². The first kappa shape index (κ1) is 18.4. The number of nitrogens with zero attached hydrogens (tertiary/aromatic N) is 1. The SMILES string of the molecule is CN1CCC(=O)Nc2cc(C(=O)N[C@H](Cc3ccccc3)C(=O)O)ccc21. The zero-order valence-electron chi connectivity index (χ0n) is 14.9. The van der Waals surface area contributed by atoms with E-state index in [0.717, 1.165) is 11.3 Å². The van der Waals surface area contributed by atoms with Gasteiger partial charge in [0.1, 0.15) is 6.04 Å². The molecule has 2 aromatic carbocycles. The molecule has 0 aliphatic carbocycles. The summed E-state index contributed by atoms with van der Waals surface area (Å²) in [6.07, 6.45) is 0.553. The van der Waals surface area contributed by atoms with Gasteiger partial charge in [-0.25, -0.2) is 4.79 Å². The van der Waals surface area contributed by atoms with Gasteiger partial charge in [0.2, 0.25) is 5.91 Å². The number of carboxylic acids is 1. The molecule has 1 atom stereocenters. The molecule has 0 saturated heterocycles. The minimum Gasteiger partial charge on any atom is -0.480 e. The van der Waals surface area contributed by atoms with Gasteiger partial charge < -0.3 is 20.6 Å². The maximum atomic E-state index is 12.6. The van der Waals surface area contributed by atoms with E-state index in [1.807, 2.05) is 42.3 Å². The third-order valence-corrected chi connectivity index (χ3v) is 4.50. The number of aliphatic carboxylic acids is 1. The smallest absolute Gasteiger partial charge is 0.326 e. The van der Waals surface area contributed by atoms with Gasteiger partial charge in [-0.05, 0) is 23.8 Å². The Morgan fingerprint density at radius 2 is 1.96 bits per heavy atom. The normalized spacial score (nSPS) is 14.6. The summed E-state index contributed by atoms with van der Waals surface area (Å²) in [5.41, 5.74) is 2.48. The second-order valence-corrected chi connectivity index (χ2v) is 6.51. The Kier molecular flexibility index (Phi) is 5.40. The van der Waals surface area contributed by atoms with Crippen LogP contribution in [0.2, 0.25) is 0 Å². The predicted octanol–water partition coefficient (Wildman–Crippen LogP) is 1.89. The summed E-state index contributed by atoms with van der Waals surface area (Å²) in [4.78, 5) is 37.9. The molecule has 0 saturated carbocycles. The Balaban J connectivity index is 1.78. The van der Waals surface area contributed by atoms with Crippen LogP contribution in [0.25, 0.3) is 0 Å². The lowest BCUT2D eigenvalue weighted by Gasteiger charge is -2.19. The van der Waals surface area contributed by atoms with Crippen LogP contribution in [0.3, 0.4) is 0 Å². The van der Waals surface area contributed by atoms with Gasteiger partial charge in [0, 0.05) is 32.0 Å². The van der Waals surface area contributed by atoms with Crippen molar-refractivity contribution < 1.29 is 19.5 Å². The lowest BCUT2D eigenvalue weighted by atomic mass is 10.1. The third-order valence-electron chi connectivity index (χ3n) is 4.50. The fraction of sp³-hybridized carbons (Fsp3) is 0.250. The maximum absolute atomic E-state index is 12.6. The number of anilines is 2. The first-order valence-electron chi connectivity index (χ1n) is 8.66. The number of hydrogen-bond acceptors (Lipinski definition) is 4. The number of carboxylic acid groups (broad SMARTS) is 1. The van der Waals surface area contributed by atoms with Crippen LogP contribution in [0.5, 0.6) is 0 Å². The number of rotatable bonds is 5. The molecule has 1 heterocycles. The van der Waals surface area contributed by atoms with Crippen LogP contribution in [0.4, 0.5) is 11.4 Å². The van der Waals surface area contributed by atoms with Crippen molar-refractivity contribution >= 4 is 29.2 Å². The maximum Gasteiger partial charge on any atom is 0.326 e. The molecular weight excluding hydrogens is 346 g/mol. The van der Waals surface area contributed by atoms with Gasteiger partial charge in [-0.15, -0.1) is 0 Å². The van der Waals surface area contributed by atoms with E-state index in [1.54, 1.807) is 18.2 Å². The van der Waals surface area contributed by atoms with E-state index in [0.29, 0.717) is 24.2 Å². The monoisotopic (exact) mass is 367 g/mol. The summed E-state index contributed by atoms with van der Waals surface area (Å²) in [7, 11) is 1.87. The molecule has 7 nitrogen and oxygen atoms in total. The zero-order valence-corrected chi connectivity index (χ0v) is 14.9. The molecule has 0 unspecified atom stereocenters. The van der Waals surface area contributed by atoms with Crippen molar-refractivity contribution in [2.45, 2.75) is 18.9 Å². The number of carbonyl (C=O) groups is 3. The van der Waals surface area contributed by atoms with Crippen molar-refractivity contribution in [3.63, 3.8) is 0 Å². The second kappa shape index (κ2) is 7.90. The topological polar surface area (TPSA) is 98.7 Å². The van der Waals surface area contributed by atoms with Crippen LogP contribution in [0.15, 0.2) is 48.5 Å². The van der Waals surface area contributed by atoms with Crippen molar-refractivity contribution in [3.05, 3.63) is 59.7 Å². The van der Waals surface area contributed by atoms with Crippen molar-refractivity contribution in [1.82, 2.24) is 5.32 Å². The van der Waals surface area contributed by atoms with Crippen LogP contribution in [-0.2, 0) is 16.0 Å². The molecule has 140 valence electrons. The minimum atomic E-state index is -1.10. The zero-order chi connectivity index (χ0) is 19.4. The van der Waals surface area contributed by atoms with Crippen LogP contribution in [0, 0.1) is 0 Å². The Hall–Kier alpha value is -3.35. The van der Waals surface area contributed by atoms with Crippen molar-refractivity contribution in [2.24, 2.45) is 0 Å². The Bertz CT molecular complexity index is 867. The van der Waals surface area contributed by atoms with E-state index in [-0.39, 0.29) is 12.3 Å².